The van der Waals surface area contributed by atoms with Gasteiger partial charge in [0.05, 0.1) is 26.3 Å². The molecule has 180 valence electrons. The molecular formula is C23H24Cl2N4O3S2. The van der Waals surface area contributed by atoms with Crippen molar-refractivity contribution < 1.29 is 13.2 Å². The number of anilines is 3. The first kappa shape index (κ1) is 24.9. The van der Waals surface area contributed by atoms with Gasteiger partial charge in [0, 0.05) is 12.2 Å². The van der Waals surface area contributed by atoms with Crippen molar-refractivity contribution in [2.24, 2.45) is 0 Å². The van der Waals surface area contributed by atoms with E-state index in [0.29, 0.717) is 17.4 Å². The molecule has 3 N–H and O–H groups in total. The van der Waals surface area contributed by atoms with Gasteiger partial charge in [-0.1, -0.05) is 47.0 Å². The summed E-state index contributed by atoms with van der Waals surface area (Å²) in [7, 11) is -3.37. The lowest BCUT2D eigenvalue weighted by molar-refractivity contribution is 0.104. The Morgan fingerprint density at radius 1 is 1.06 bits per heavy atom. The Bertz CT molecular complexity index is 1270. The molecule has 1 aliphatic heterocycles. The second-order valence-corrected chi connectivity index (χ2v) is 12.0. The van der Waals surface area contributed by atoms with Gasteiger partial charge < -0.3 is 16.0 Å². The molecule has 0 atom stereocenters. The molecule has 0 bridgehead atoms. The number of nitrogens with one attached hydrogen (secondary N) is 1. The quantitative estimate of drug-likeness (QED) is 0.376. The summed E-state index contributed by atoms with van der Waals surface area (Å²) in [6, 6.07) is 11.3. The van der Waals surface area contributed by atoms with Crippen molar-refractivity contribution in [1.29, 1.82) is 0 Å². The molecule has 0 unspecified atom stereocenters. The Hall–Kier alpha value is -2.17. The zero-order chi connectivity index (χ0) is 24.3. The fourth-order valence-corrected chi connectivity index (χ4v) is 6.50. The molecule has 0 radical (unpaired) electrons. The van der Waals surface area contributed by atoms with E-state index in [9.17, 15) is 13.2 Å². The number of rotatable bonds is 8. The van der Waals surface area contributed by atoms with Crippen LogP contribution in [0.3, 0.4) is 0 Å². The summed E-state index contributed by atoms with van der Waals surface area (Å²) in [6.07, 6.45) is 3.46. The molecule has 0 saturated carbocycles. The Morgan fingerprint density at radius 2 is 1.71 bits per heavy atom. The highest BCUT2D eigenvalue weighted by molar-refractivity contribution is 7.91. The second-order valence-electron chi connectivity index (χ2n) is 8.03. The maximum absolute atomic E-state index is 12.9. The fraction of sp³-hybridized carbons (Fsp3) is 0.304. The normalized spacial score (nSPS) is 14.8. The molecule has 2 heterocycles. The van der Waals surface area contributed by atoms with Gasteiger partial charge in [-0.25, -0.2) is 13.4 Å². The standard InChI is InChI=1S/C23H24Cl2N4O3S2/c24-17-5-4-6-18(25)19(17)20(30)21-22(26)28-23(33-21)27-15-7-9-16(10-8-15)34(31,32)14-13-29-11-2-1-3-12-29/h4-10H,1-3,11-14,26H2,(H,27,28). The van der Waals surface area contributed by atoms with Crippen LogP contribution in [0.5, 0.6) is 0 Å². The minimum atomic E-state index is -3.37. The van der Waals surface area contributed by atoms with Crippen molar-refractivity contribution in [3.8, 4) is 0 Å². The maximum atomic E-state index is 12.9. The van der Waals surface area contributed by atoms with Crippen LogP contribution >= 0.6 is 34.5 Å². The van der Waals surface area contributed by atoms with Crippen LogP contribution in [-0.2, 0) is 9.84 Å². The number of hydrogen-bond acceptors (Lipinski definition) is 8. The molecule has 0 amide bonds. The van der Waals surface area contributed by atoms with E-state index in [1.807, 2.05) is 0 Å². The maximum Gasteiger partial charge on any atom is 0.209 e. The van der Waals surface area contributed by atoms with E-state index in [1.54, 1.807) is 42.5 Å². The topological polar surface area (TPSA) is 105 Å². The number of aromatic nitrogens is 1. The van der Waals surface area contributed by atoms with Crippen LogP contribution in [-0.4, -0.2) is 49.5 Å². The summed E-state index contributed by atoms with van der Waals surface area (Å²) in [5.41, 5.74) is 6.78. The minimum Gasteiger partial charge on any atom is -0.382 e. The minimum absolute atomic E-state index is 0.0606. The summed E-state index contributed by atoms with van der Waals surface area (Å²) in [5, 5.41) is 3.93. The fourth-order valence-electron chi connectivity index (χ4n) is 3.80. The number of ketones is 1. The molecule has 4 rings (SSSR count). The molecule has 1 saturated heterocycles. The van der Waals surface area contributed by atoms with Crippen LogP contribution in [0, 0.1) is 0 Å². The molecule has 34 heavy (non-hydrogen) atoms. The number of sulfone groups is 1. The predicted molar refractivity (Wildman–Crippen MR) is 138 cm³/mol. The van der Waals surface area contributed by atoms with Gasteiger partial charge in [-0.05, 0) is 62.3 Å². The van der Waals surface area contributed by atoms with E-state index < -0.39 is 15.6 Å². The summed E-state index contributed by atoms with van der Waals surface area (Å²) in [6.45, 7) is 2.47. The highest BCUT2D eigenvalue weighted by atomic mass is 35.5. The van der Waals surface area contributed by atoms with Gasteiger partial charge in [-0.15, -0.1) is 0 Å². The first-order chi connectivity index (χ1) is 16.2. The van der Waals surface area contributed by atoms with Crippen molar-refractivity contribution in [3.63, 3.8) is 0 Å². The Morgan fingerprint density at radius 3 is 2.35 bits per heavy atom. The van der Waals surface area contributed by atoms with Gasteiger partial charge in [-0.3, -0.25) is 4.79 Å². The Labute approximate surface area is 212 Å². The Balaban J connectivity index is 1.44. The first-order valence-electron chi connectivity index (χ1n) is 10.8. The lowest BCUT2D eigenvalue weighted by Gasteiger charge is -2.26. The smallest absolute Gasteiger partial charge is 0.209 e. The molecule has 7 nitrogen and oxygen atoms in total. The van der Waals surface area contributed by atoms with Gasteiger partial charge in [0.1, 0.15) is 10.7 Å². The number of piperidine rings is 1. The van der Waals surface area contributed by atoms with Crippen LogP contribution in [0.25, 0.3) is 0 Å². The summed E-state index contributed by atoms with van der Waals surface area (Å²) in [5.74, 6) is -0.252. The number of benzene rings is 2. The molecule has 1 aliphatic rings. The number of nitrogens with two attached hydrogens (primary N) is 1. The first-order valence-corrected chi connectivity index (χ1v) is 14.0. The largest absolute Gasteiger partial charge is 0.382 e. The van der Waals surface area contributed by atoms with Crippen molar-refractivity contribution >= 4 is 66.8 Å². The number of halogens is 2. The third-order valence-electron chi connectivity index (χ3n) is 5.64. The number of nitrogens with zero attached hydrogens (tertiary/aromatic N) is 2. The van der Waals surface area contributed by atoms with Gasteiger partial charge >= 0.3 is 0 Å². The number of hydrogen-bond donors (Lipinski definition) is 2. The molecule has 1 fully saturated rings. The van der Waals surface area contributed by atoms with Gasteiger partial charge in [-0.2, -0.15) is 0 Å². The van der Waals surface area contributed by atoms with Gasteiger partial charge in [0.25, 0.3) is 0 Å². The molecule has 0 aliphatic carbocycles. The number of nitrogen functional groups attached to an aromatic ring is 1. The predicted octanol–water partition coefficient (Wildman–Crippen LogP) is 5.27. The van der Waals surface area contributed by atoms with E-state index in [0.717, 1.165) is 37.3 Å². The SMILES string of the molecule is Nc1nc(Nc2ccc(S(=O)(=O)CCN3CCCCC3)cc2)sc1C(=O)c1c(Cl)cccc1Cl. The molecule has 0 spiro atoms. The van der Waals surface area contributed by atoms with E-state index in [2.05, 4.69) is 15.2 Å². The monoisotopic (exact) mass is 538 g/mol. The van der Waals surface area contributed by atoms with E-state index >= 15 is 0 Å². The lowest BCUT2D eigenvalue weighted by Crippen LogP contribution is -2.33. The molecular weight excluding hydrogens is 515 g/mol. The average Bonchev–Trinajstić information content (AvgIpc) is 3.18. The summed E-state index contributed by atoms with van der Waals surface area (Å²) in [4.78, 5) is 19.8. The van der Waals surface area contributed by atoms with Crippen LogP contribution in [0.4, 0.5) is 16.6 Å². The van der Waals surface area contributed by atoms with E-state index in [4.69, 9.17) is 28.9 Å². The van der Waals surface area contributed by atoms with Crippen LogP contribution in [0.2, 0.25) is 10.0 Å². The summed E-state index contributed by atoms with van der Waals surface area (Å²) >= 11 is 13.4. The van der Waals surface area contributed by atoms with Crippen molar-refractivity contribution in [2.75, 3.05) is 36.4 Å². The third-order valence-corrected chi connectivity index (χ3v) is 8.96. The van der Waals surface area contributed by atoms with Crippen LogP contribution in [0.1, 0.15) is 34.5 Å². The highest BCUT2D eigenvalue weighted by Gasteiger charge is 2.23. The summed E-state index contributed by atoms with van der Waals surface area (Å²) < 4.78 is 25.4. The van der Waals surface area contributed by atoms with Gasteiger partial charge in [0.2, 0.25) is 5.78 Å². The zero-order valence-corrected chi connectivity index (χ0v) is 21.4. The lowest BCUT2D eigenvalue weighted by atomic mass is 10.1. The molecule has 2 aromatic carbocycles. The molecule has 1 aromatic heterocycles. The van der Waals surface area contributed by atoms with Gasteiger partial charge in [0.15, 0.2) is 15.0 Å². The third kappa shape index (κ3) is 5.72. The van der Waals surface area contributed by atoms with Crippen molar-refractivity contribution in [2.45, 2.75) is 24.2 Å². The number of carbonyl (C=O) groups excluding carboxylic acids is 1. The number of thiazole rings is 1. The zero-order valence-electron chi connectivity index (χ0n) is 18.3. The van der Waals surface area contributed by atoms with E-state index in [-0.39, 0.29) is 37.0 Å². The molecule has 11 heteroatoms. The second kappa shape index (κ2) is 10.6. The van der Waals surface area contributed by atoms with Crippen LogP contribution in [0.15, 0.2) is 47.4 Å². The average molecular weight is 540 g/mol. The highest BCUT2D eigenvalue weighted by Crippen LogP contribution is 2.34. The van der Waals surface area contributed by atoms with Crippen LogP contribution < -0.4 is 11.1 Å². The van der Waals surface area contributed by atoms with Crippen molar-refractivity contribution in [1.82, 2.24) is 9.88 Å². The number of likely N-dealkylation sites (tertiary alicyclic amines) is 1. The number of carbonyl (C=O) groups is 1. The molecule has 3 aromatic rings. The van der Waals surface area contributed by atoms with Crippen molar-refractivity contribution in [3.05, 3.63) is 63.0 Å². The van der Waals surface area contributed by atoms with E-state index in [1.165, 1.54) is 6.42 Å². The Kier molecular flexibility index (Phi) is 7.79.